The van der Waals surface area contributed by atoms with E-state index >= 15 is 0 Å². The van der Waals surface area contributed by atoms with Crippen LogP contribution in [0.15, 0.2) is 168 Å². The monoisotopic (exact) mass is 713 g/mol. The van der Waals surface area contributed by atoms with Crippen molar-refractivity contribution in [1.29, 1.82) is 0 Å². The Labute approximate surface area is 314 Å². The zero-order chi connectivity index (χ0) is 35.0. The number of allylic oxidation sites excluding steroid dienone is 1. The second-order valence-corrected chi connectivity index (χ2v) is 16.0. The average molecular weight is 714 g/mol. The summed E-state index contributed by atoms with van der Waals surface area (Å²) in [4.78, 5) is 11.0. The molecule has 3 aromatic heterocycles. The Morgan fingerprint density at radius 2 is 1.25 bits per heavy atom. The van der Waals surface area contributed by atoms with Crippen LogP contribution in [0.3, 0.4) is 0 Å². The van der Waals surface area contributed by atoms with Crippen molar-refractivity contribution in [2.24, 2.45) is 9.98 Å². The zero-order valence-electron chi connectivity index (χ0n) is 28.9. The number of aryl methyl sites for hydroxylation is 1. The molecule has 0 amide bonds. The molecule has 0 aliphatic carbocycles. The number of rotatable bonds is 4. The highest BCUT2D eigenvalue weighted by molar-refractivity contribution is 7.26. The highest BCUT2D eigenvalue weighted by Crippen LogP contribution is 2.39. The molecular formula is C48H31N3S2. The molecule has 3 nitrogen and oxygen atoms in total. The first-order valence-electron chi connectivity index (χ1n) is 18.0. The third-order valence-electron chi connectivity index (χ3n) is 10.5. The van der Waals surface area contributed by atoms with E-state index in [1.165, 1.54) is 67.8 Å². The molecule has 0 N–H and O–H groups in total. The smallest absolute Gasteiger partial charge is 0.160 e. The van der Waals surface area contributed by atoms with Gasteiger partial charge in [-0.2, -0.15) is 0 Å². The van der Waals surface area contributed by atoms with Crippen LogP contribution in [-0.4, -0.2) is 16.1 Å². The molecule has 11 rings (SSSR count). The van der Waals surface area contributed by atoms with Crippen molar-refractivity contribution >= 4 is 102 Å². The summed E-state index contributed by atoms with van der Waals surface area (Å²) < 4.78 is 7.53. The van der Waals surface area contributed by atoms with Gasteiger partial charge < -0.3 is 4.57 Å². The van der Waals surface area contributed by atoms with E-state index in [1.54, 1.807) is 0 Å². The lowest BCUT2D eigenvalue weighted by molar-refractivity contribution is 1.18. The van der Waals surface area contributed by atoms with Crippen LogP contribution >= 0.6 is 22.7 Å². The van der Waals surface area contributed by atoms with E-state index < -0.39 is 0 Å². The molecule has 10 aromatic rings. The number of para-hydroxylation sites is 1. The summed E-state index contributed by atoms with van der Waals surface area (Å²) in [5, 5.41) is 7.56. The molecule has 4 heterocycles. The molecule has 250 valence electrons. The van der Waals surface area contributed by atoms with Gasteiger partial charge in [-0.15, -0.1) is 22.7 Å². The Bertz CT molecular complexity index is 3210. The van der Waals surface area contributed by atoms with Gasteiger partial charge in [0, 0.05) is 79.9 Å². The van der Waals surface area contributed by atoms with E-state index in [-0.39, 0.29) is 0 Å². The van der Waals surface area contributed by atoms with Crippen molar-refractivity contribution in [3.63, 3.8) is 0 Å². The van der Waals surface area contributed by atoms with Crippen LogP contribution in [0.2, 0.25) is 0 Å². The van der Waals surface area contributed by atoms with Crippen LogP contribution in [0, 0.1) is 6.92 Å². The Morgan fingerprint density at radius 3 is 2.13 bits per heavy atom. The van der Waals surface area contributed by atoms with E-state index in [2.05, 4.69) is 169 Å². The van der Waals surface area contributed by atoms with Crippen LogP contribution in [0.4, 0.5) is 0 Å². The van der Waals surface area contributed by atoms with Crippen LogP contribution in [0.1, 0.15) is 28.7 Å². The average Bonchev–Trinajstić information content (AvgIpc) is 3.81. The normalized spacial score (nSPS) is 13.6. The van der Waals surface area contributed by atoms with Gasteiger partial charge in [0.05, 0.1) is 22.4 Å². The Morgan fingerprint density at radius 1 is 0.509 bits per heavy atom. The minimum atomic E-state index is 0.667. The number of hydrogen-bond acceptors (Lipinski definition) is 4. The largest absolute Gasteiger partial charge is 0.309 e. The van der Waals surface area contributed by atoms with E-state index in [4.69, 9.17) is 9.98 Å². The lowest BCUT2D eigenvalue weighted by atomic mass is 9.99. The number of amidine groups is 1. The molecule has 5 heteroatoms. The predicted molar refractivity (Wildman–Crippen MR) is 230 cm³/mol. The quantitative estimate of drug-likeness (QED) is 0.174. The third-order valence-corrected chi connectivity index (χ3v) is 12.8. The predicted octanol–water partition coefficient (Wildman–Crippen LogP) is 13.5. The summed E-state index contributed by atoms with van der Waals surface area (Å²) in [5.41, 5.74) is 9.93. The minimum absolute atomic E-state index is 0.667. The third kappa shape index (κ3) is 4.92. The number of nitrogens with zero attached hydrogens (tertiary/aromatic N) is 3. The van der Waals surface area contributed by atoms with Crippen molar-refractivity contribution in [3.05, 3.63) is 180 Å². The molecule has 53 heavy (non-hydrogen) atoms. The van der Waals surface area contributed by atoms with Crippen LogP contribution < -0.4 is 0 Å². The summed E-state index contributed by atoms with van der Waals surface area (Å²) >= 11 is 3.69. The van der Waals surface area contributed by atoms with E-state index in [0.717, 1.165) is 39.6 Å². The summed E-state index contributed by atoms with van der Waals surface area (Å²) in [7, 11) is 0. The Hall–Kier alpha value is -6.14. The number of aliphatic imine (C=N–C) groups is 2. The fourth-order valence-corrected chi connectivity index (χ4v) is 10.3. The Balaban J connectivity index is 1.15. The van der Waals surface area contributed by atoms with Crippen molar-refractivity contribution in [3.8, 4) is 5.69 Å². The standard InChI is InChI=1S/C48H31N3S2/c1-29-18-24-41-37(26-29)33-21-19-31(28-42(33)51(41)32-10-3-2-4-11-32)48-49-39(30-20-25-45-38(27-30)34-12-5-7-15-43(34)52-45)22-23-40(50-48)35-14-9-17-46-47(35)36-13-6-8-16-44(36)53-46/h2-22,24-28H,23H2,1H3. The lowest BCUT2D eigenvalue weighted by Crippen LogP contribution is -2.06. The fraction of sp³-hybridized carbons (Fsp3) is 0.0417. The number of hydrogen-bond donors (Lipinski definition) is 0. The van der Waals surface area contributed by atoms with Gasteiger partial charge in [0.25, 0.3) is 0 Å². The topological polar surface area (TPSA) is 29.6 Å². The molecule has 0 bridgehead atoms. The first-order valence-corrected chi connectivity index (χ1v) is 19.6. The maximum Gasteiger partial charge on any atom is 0.160 e. The van der Waals surface area contributed by atoms with Crippen LogP contribution in [0.5, 0.6) is 0 Å². The van der Waals surface area contributed by atoms with E-state index in [9.17, 15) is 0 Å². The van der Waals surface area contributed by atoms with Gasteiger partial charge in [-0.3, -0.25) is 0 Å². The molecule has 0 saturated carbocycles. The molecule has 0 fully saturated rings. The van der Waals surface area contributed by atoms with Gasteiger partial charge in [-0.1, -0.05) is 103 Å². The summed E-state index contributed by atoms with van der Waals surface area (Å²) in [6.07, 6.45) is 2.94. The highest BCUT2D eigenvalue weighted by atomic mass is 32.1. The van der Waals surface area contributed by atoms with Crippen LogP contribution in [0.25, 0.3) is 73.5 Å². The zero-order valence-corrected chi connectivity index (χ0v) is 30.5. The number of aromatic nitrogens is 1. The SMILES string of the molecule is Cc1ccc2c(c1)c1ccc(C3=NC(c4ccc5sc6ccccc6c5c4)=CCC(c4cccc5sc6ccccc6c45)=N3)cc1n2-c1ccccc1. The van der Waals surface area contributed by atoms with Gasteiger partial charge in [0.2, 0.25) is 0 Å². The van der Waals surface area contributed by atoms with Crippen molar-refractivity contribution in [1.82, 2.24) is 4.57 Å². The van der Waals surface area contributed by atoms with Gasteiger partial charge in [-0.25, -0.2) is 9.98 Å². The van der Waals surface area contributed by atoms with Gasteiger partial charge >= 0.3 is 0 Å². The molecule has 7 aromatic carbocycles. The molecule has 0 spiro atoms. The van der Waals surface area contributed by atoms with E-state index in [1.807, 2.05) is 22.7 Å². The van der Waals surface area contributed by atoms with Gasteiger partial charge in [-0.05, 0) is 67.6 Å². The number of thiophene rings is 2. The molecule has 0 unspecified atom stereocenters. The molecule has 1 aliphatic heterocycles. The Kier molecular flexibility index (Phi) is 6.88. The number of benzene rings is 7. The molecular weight excluding hydrogens is 683 g/mol. The highest BCUT2D eigenvalue weighted by Gasteiger charge is 2.20. The fourth-order valence-electron chi connectivity index (χ4n) is 8.06. The maximum atomic E-state index is 5.52. The van der Waals surface area contributed by atoms with Crippen molar-refractivity contribution < 1.29 is 0 Å². The van der Waals surface area contributed by atoms with Crippen LogP contribution in [-0.2, 0) is 0 Å². The van der Waals surface area contributed by atoms with Crippen molar-refractivity contribution in [2.75, 3.05) is 0 Å². The number of fused-ring (bicyclic) bond motifs is 9. The first-order chi connectivity index (χ1) is 26.2. The minimum Gasteiger partial charge on any atom is -0.309 e. The van der Waals surface area contributed by atoms with Gasteiger partial charge in [0.1, 0.15) is 0 Å². The van der Waals surface area contributed by atoms with E-state index in [0.29, 0.717) is 6.42 Å². The van der Waals surface area contributed by atoms with Crippen molar-refractivity contribution in [2.45, 2.75) is 13.3 Å². The maximum absolute atomic E-state index is 5.52. The summed E-state index contributed by atoms with van der Waals surface area (Å²) in [5.74, 6) is 0.721. The first kappa shape index (κ1) is 30.5. The second-order valence-electron chi connectivity index (χ2n) is 13.8. The summed E-state index contributed by atoms with van der Waals surface area (Å²) in [6.45, 7) is 2.16. The second kappa shape index (κ2) is 12.0. The summed E-state index contributed by atoms with van der Waals surface area (Å²) in [6, 6.07) is 55.0. The molecule has 0 radical (unpaired) electrons. The van der Waals surface area contributed by atoms with Gasteiger partial charge in [0.15, 0.2) is 5.84 Å². The molecule has 0 atom stereocenters. The molecule has 0 saturated heterocycles. The molecule has 1 aliphatic rings. The lowest BCUT2D eigenvalue weighted by Gasteiger charge is -2.10.